The third-order valence-electron chi connectivity index (χ3n) is 2.34. The average Bonchev–Trinajstić information content (AvgIpc) is 2.73. The Hall–Kier alpha value is 1.33. The van der Waals surface area contributed by atoms with E-state index in [2.05, 4.69) is 46.2 Å². The van der Waals surface area contributed by atoms with Gasteiger partial charge in [-0.15, -0.1) is 23.2 Å². The van der Waals surface area contributed by atoms with Crippen LogP contribution in [0.15, 0.2) is 60.7 Å². The Morgan fingerprint density at radius 1 is 0.885 bits per heavy atom. The molecule has 1 N–H and O–H groups in total. The molecule has 0 aliphatic carbocycles. The third kappa shape index (κ3) is 13.5. The van der Waals surface area contributed by atoms with Crippen LogP contribution in [0.3, 0.4) is 0 Å². The number of halogens is 2. The molecule has 0 amide bonds. The molecule has 0 bridgehead atoms. The minimum Gasteiger partial charge on any atom is -0.358 e. The first-order chi connectivity index (χ1) is 12.6. The van der Waals surface area contributed by atoms with E-state index in [1.807, 2.05) is 60.7 Å². The lowest BCUT2D eigenvalue weighted by atomic mass is 10.4. The largest absolute Gasteiger partial charge is 0.358 e. The molecule has 0 atom stereocenters. The van der Waals surface area contributed by atoms with Crippen LogP contribution in [0.1, 0.15) is 0 Å². The van der Waals surface area contributed by atoms with Crippen molar-refractivity contribution in [3.63, 3.8) is 0 Å². The fraction of sp³-hybridized carbons (Fsp3) is 0.143. The first-order valence-corrected chi connectivity index (χ1v) is 19.3. The quantitative estimate of drug-likeness (QED) is 0.400. The number of alkyl halides is 2. The van der Waals surface area contributed by atoms with Gasteiger partial charge in [-0.3, -0.25) is 0 Å². The molecule has 0 spiro atoms. The SMILES string of the molecule is CCl.CCl.OP(=S)(c1ccccc1)c1ccccc1.S=PP=S=S=S=S. The average molecular weight is 558 g/mol. The van der Waals surface area contributed by atoms with Gasteiger partial charge < -0.3 is 4.89 Å². The molecule has 0 saturated carbocycles. The van der Waals surface area contributed by atoms with E-state index in [0.29, 0.717) is 0 Å². The lowest BCUT2D eigenvalue weighted by Crippen LogP contribution is -2.14. The van der Waals surface area contributed by atoms with Crippen LogP contribution in [0, 0.1) is 0 Å². The Bertz CT molecular complexity index is 747. The van der Waals surface area contributed by atoms with Crippen molar-refractivity contribution in [2.24, 2.45) is 0 Å². The first kappa shape index (κ1) is 29.5. The van der Waals surface area contributed by atoms with Gasteiger partial charge in [0.05, 0.1) is 0 Å². The van der Waals surface area contributed by atoms with Crippen molar-refractivity contribution < 1.29 is 4.89 Å². The molecule has 0 fully saturated rings. The monoisotopic (exact) mass is 556 g/mol. The molecule has 0 radical (unpaired) electrons. The molecule has 0 aliphatic rings. The summed E-state index contributed by atoms with van der Waals surface area (Å²) >= 11 is 23.9. The highest BCUT2D eigenvalue weighted by Crippen LogP contribution is 2.37. The van der Waals surface area contributed by atoms with Crippen LogP contribution < -0.4 is 10.6 Å². The zero-order valence-electron chi connectivity index (χ0n) is 13.8. The van der Waals surface area contributed by atoms with E-state index >= 15 is 0 Å². The minimum atomic E-state index is -2.56. The molecule has 0 heterocycles. The van der Waals surface area contributed by atoms with Crippen LogP contribution >= 0.6 is 43.6 Å². The van der Waals surface area contributed by atoms with E-state index in [-0.39, 0.29) is 0 Å². The molecule has 0 unspecified atom stereocenters. The summed E-state index contributed by atoms with van der Waals surface area (Å²) in [6.07, 6.45) is 0.381. The molecule has 2 rings (SSSR count). The molecule has 0 saturated heterocycles. The van der Waals surface area contributed by atoms with Crippen LogP contribution in [0.2, 0.25) is 0 Å². The van der Waals surface area contributed by atoms with Crippen LogP contribution in [0.25, 0.3) is 0 Å². The van der Waals surface area contributed by atoms with Gasteiger partial charge in [0.1, 0.15) is 6.26 Å². The summed E-state index contributed by atoms with van der Waals surface area (Å²) in [7, 11) is 6.83. The van der Waals surface area contributed by atoms with Crippen molar-refractivity contribution in [1.29, 1.82) is 0 Å². The maximum Gasteiger partial charge on any atom is 0.120 e. The van der Waals surface area contributed by atoms with Gasteiger partial charge in [0, 0.05) is 37.5 Å². The summed E-state index contributed by atoms with van der Waals surface area (Å²) in [6.45, 7) is 0. The van der Waals surface area contributed by atoms with Crippen LogP contribution in [-0.4, -0.2) is 17.7 Å². The first-order valence-electron chi connectivity index (χ1n) is 6.47. The second kappa shape index (κ2) is 21.0. The molecular formula is C14H17Cl2OP3S6. The molecule has 0 aromatic heterocycles. The van der Waals surface area contributed by atoms with E-state index in [9.17, 15) is 4.89 Å². The van der Waals surface area contributed by atoms with Gasteiger partial charge >= 0.3 is 0 Å². The predicted octanol–water partition coefficient (Wildman–Crippen LogP) is 5.44. The highest BCUT2D eigenvalue weighted by molar-refractivity contribution is 8.63. The second-order valence-corrected chi connectivity index (χ2v) is 17.1. The van der Waals surface area contributed by atoms with Crippen molar-refractivity contribution in [3.8, 4) is 0 Å². The van der Waals surface area contributed by atoms with Gasteiger partial charge in [0.2, 0.25) is 0 Å². The van der Waals surface area contributed by atoms with Gasteiger partial charge in [-0.05, 0) is 50.3 Å². The lowest BCUT2D eigenvalue weighted by molar-refractivity contribution is 0.642. The van der Waals surface area contributed by atoms with Crippen molar-refractivity contribution in [1.82, 2.24) is 0 Å². The van der Waals surface area contributed by atoms with Gasteiger partial charge in [-0.2, -0.15) is 0 Å². The summed E-state index contributed by atoms with van der Waals surface area (Å²) in [5.41, 5.74) is 0. The van der Waals surface area contributed by atoms with Crippen LogP contribution in [0.4, 0.5) is 0 Å². The summed E-state index contributed by atoms with van der Waals surface area (Å²) in [5.74, 6) is 0. The molecule has 1 nitrogen and oxygen atoms in total. The standard InChI is InChI=1S/C12H11OPS.2CH3Cl.P2S5/c13-14(15,11-7-3-1-4-8-11)12-9-5-2-6-10-12;2*1-2;3-1-2-5-7-6-4/h1-10H,(H,13,15);2*1H3;. The predicted molar refractivity (Wildman–Crippen MR) is 143 cm³/mol. The van der Waals surface area contributed by atoms with Crippen molar-refractivity contribution in [2.75, 3.05) is 12.8 Å². The fourth-order valence-corrected chi connectivity index (χ4v) is 13.2. The van der Waals surface area contributed by atoms with Gasteiger partial charge in [0.25, 0.3) is 0 Å². The summed E-state index contributed by atoms with van der Waals surface area (Å²) in [6, 6.07) is 19.0. The number of hydrogen-bond donors (Lipinski definition) is 1. The fourth-order valence-electron chi connectivity index (χ4n) is 1.45. The lowest BCUT2D eigenvalue weighted by Gasteiger charge is -2.15. The topological polar surface area (TPSA) is 20.2 Å². The normalized spacial score (nSPS) is 9.27. The molecule has 26 heavy (non-hydrogen) atoms. The second-order valence-electron chi connectivity index (χ2n) is 3.62. The van der Waals surface area contributed by atoms with E-state index in [4.69, 9.17) is 11.8 Å². The van der Waals surface area contributed by atoms with Crippen molar-refractivity contribution in [2.45, 2.75) is 0 Å². The van der Waals surface area contributed by atoms with Gasteiger partial charge in [0.15, 0.2) is 0 Å². The molecule has 0 aliphatic heterocycles. The highest BCUT2D eigenvalue weighted by atomic mass is 35.5. The Kier molecular flexibility index (Phi) is 23.9. The summed E-state index contributed by atoms with van der Waals surface area (Å²) in [4.78, 5) is 10.4. The molecule has 12 heteroatoms. The molecule has 144 valence electrons. The zero-order valence-corrected chi connectivity index (χ0v) is 22.9. The zero-order chi connectivity index (χ0) is 20.3. The summed E-state index contributed by atoms with van der Waals surface area (Å²) < 4.78 is 0. The highest BCUT2D eigenvalue weighted by Gasteiger charge is 2.17. The van der Waals surface area contributed by atoms with E-state index < -0.39 is 6.26 Å². The molecular weight excluding hydrogens is 540 g/mol. The maximum atomic E-state index is 10.4. The molecule has 2 aromatic carbocycles. The third-order valence-corrected chi connectivity index (χ3v) is 15.6. The Morgan fingerprint density at radius 3 is 1.58 bits per heavy atom. The Morgan fingerprint density at radius 2 is 1.27 bits per heavy atom. The number of rotatable bonds is 3. The Labute approximate surface area is 192 Å². The smallest absolute Gasteiger partial charge is 0.120 e. The number of benzene rings is 2. The van der Waals surface area contributed by atoms with Gasteiger partial charge in [-0.25, -0.2) is 0 Å². The van der Waals surface area contributed by atoms with Crippen LogP contribution in [-0.2, 0) is 62.1 Å². The van der Waals surface area contributed by atoms with E-state index in [0.717, 1.165) is 17.7 Å². The van der Waals surface area contributed by atoms with Crippen molar-refractivity contribution in [3.05, 3.63) is 60.7 Å². The summed E-state index contributed by atoms with van der Waals surface area (Å²) in [5, 5.41) is 1.68. The van der Waals surface area contributed by atoms with Crippen molar-refractivity contribution >= 4 is 116 Å². The molecule has 2 aromatic rings. The Balaban J connectivity index is 0. The number of hydrogen-bond acceptors (Lipinski definition) is 3. The van der Waals surface area contributed by atoms with E-state index in [1.165, 1.54) is 28.7 Å². The minimum absolute atomic E-state index is 0.839. The maximum absolute atomic E-state index is 10.4. The van der Waals surface area contributed by atoms with Gasteiger partial charge in [-0.1, -0.05) is 72.5 Å². The van der Waals surface area contributed by atoms with Crippen LogP contribution in [0.5, 0.6) is 0 Å². The van der Waals surface area contributed by atoms with E-state index in [1.54, 1.807) is 18.4 Å².